The number of carbonyl (C=O) groups excluding carboxylic acids is 2. The molecule has 1 atom stereocenters. The number of benzene rings is 1. The van der Waals surface area contributed by atoms with E-state index in [0.29, 0.717) is 12.8 Å². The second kappa shape index (κ2) is 9.39. The number of rotatable bonds is 5. The first kappa shape index (κ1) is 19.2. The predicted octanol–water partition coefficient (Wildman–Crippen LogP) is 1.04. The molecule has 2 heterocycles. The lowest BCUT2D eigenvalue weighted by molar-refractivity contribution is -0.132. The average Bonchev–Trinajstić information content (AvgIpc) is 2.63. The Kier molecular flexibility index (Phi) is 6.93. The van der Waals surface area contributed by atoms with Crippen molar-refractivity contribution < 1.29 is 9.59 Å². The van der Waals surface area contributed by atoms with Crippen LogP contribution in [0.4, 0.5) is 5.69 Å². The van der Waals surface area contributed by atoms with Gasteiger partial charge in [0.1, 0.15) is 0 Å². The van der Waals surface area contributed by atoms with E-state index in [4.69, 9.17) is 0 Å². The molecule has 1 aromatic carbocycles. The molecule has 0 spiro atoms. The van der Waals surface area contributed by atoms with Crippen LogP contribution in [-0.2, 0) is 16.0 Å². The number of likely N-dealkylation sites (N-methyl/N-ethyl adjacent to an activating group) is 1. The fourth-order valence-electron chi connectivity index (χ4n) is 3.29. The molecule has 2 amide bonds. The number of piperazine rings is 1. The Bertz CT molecular complexity index is 626. The summed E-state index contributed by atoms with van der Waals surface area (Å²) in [7, 11) is 2.08. The summed E-state index contributed by atoms with van der Waals surface area (Å²) in [6, 6.07) is 7.88. The zero-order valence-electron chi connectivity index (χ0n) is 15.4. The van der Waals surface area contributed by atoms with E-state index in [1.54, 1.807) is 0 Å². The van der Waals surface area contributed by atoms with Crippen molar-refractivity contribution in [2.75, 3.05) is 56.6 Å². The molecule has 1 unspecified atom stereocenters. The molecule has 0 aromatic heterocycles. The van der Waals surface area contributed by atoms with E-state index in [-0.39, 0.29) is 17.9 Å². The summed E-state index contributed by atoms with van der Waals surface area (Å²) in [6.07, 6.45) is 0.867. The maximum atomic E-state index is 12.5. The van der Waals surface area contributed by atoms with Crippen molar-refractivity contribution in [3.8, 4) is 0 Å². The lowest BCUT2D eigenvalue weighted by Crippen LogP contribution is -2.47. The van der Waals surface area contributed by atoms with E-state index >= 15 is 0 Å². The minimum atomic E-state index is 0.0209. The monoisotopic (exact) mass is 376 g/mol. The summed E-state index contributed by atoms with van der Waals surface area (Å²) in [5.41, 5.74) is 1.71. The Labute approximate surface area is 159 Å². The summed E-state index contributed by atoms with van der Waals surface area (Å²) < 4.78 is 0. The Morgan fingerprint density at radius 2 is 2.08 bits per heavy atom. The van der Waals surface area contributed by atoms with Gasteiger partial charge in [0.15, 0.2) is 0 Å². The number of nitrogens with one attached hydrogen (secondary N) is 2. The Morgan fingerprint density at radius 1 is 1.27 bits per heavy atom. The lowest BCUT2D eigenvalue weighted by atomic mass is 10.1. The van der Waals surface area contributed by atoms with Crippen molar-refractivity contribution in [2.24, 2.45) is 0 Å². The second-order valence-electron chi connectivity index (χ2n) is 7.04. The lowest BCUT2D eigenvalue weighted by Gasteiger charge is -2.32. The van der Waals surface area contributed by atoms with E-state index in [9.17, 15) is 9.59 Å². The molecule has 6 nitrogen and oxygen atoms in total. The maximum absolute atomic E-state index is 12.5. The van der Waals surface area contributed by atoms with Crippen molar-refractivity contribution in [3.63, 3.8) is 0 Å². The summed E-state index contributed by atoms with van der Waals surface area (Å²) in [4.78, 5) is 28.9. The molecule has 142 valence electrons. The van der Waals surface area contributed by atoms with Crippen LogP contribution in [0.5, 0.6) is 0 Å². The third-order valence-corrected chi connectivity index (χ3v) is 5.98. The van der Waals surface area contributed by atoms with Crippen LogP contribution in [0.3, 0.4) is 0 Å². The molecule has 0 aliphatic carbocycles. The van der Waals surface area contributed by atoms with E-state index in [1.807, 2.05) is 40.9 Å². The first-order chi connectivity index (χ1) is 12.6. The number of hydrogen-bond acceptors (Lipinski definition) is 5. The van der Waals surface area contributed by atoms with Gasteiger partial charge >= 0.3 is 0 Å². The summed E-state index contributed by atoms with van der Waals surface area (Å²) >= 11 is 1.89. The van der Waals surface area contributed by atoms with Crippen LogP contribution in [-0.4, -0.2) is 78.9 Å². The molecule has 7 heteroatoms. The molecule has 0 saturated carbocycles. The van der Waals surface area contributed by atoms with Crippen LogP contribution >= 0.6 is 11.8 Å². The van der Waals surface area contributed by atoms with Crippen molar-refractivity contribution >= 4 is 29.3 Å². The van der Waals surface area contributed by atoms with E-state index in [1.165, 1.54) is 0 Å². The normalized spacial score (nSPS) is 21.4. The molecule has 2 saturated heterocycles. The van der Waals surface area contributed by atoms with Crippen molar-refractivity contribution in [1.29, 1.82) is 0 Å². The smallest absolute Gasteiger partial charge is 0.227 e. The van der Waals surface area contributed by atoms with Crippen LogP contribution in [0, 0.1) is 0 Å². The van der Waals surface area contributed by atoms with Crippen molar-refractivity contribution in [1.82, 2.24) is 15.1 Å². The molecular formula is C19H28N4O2S. The molecule has 3 rings (SSSR count). The van der Waals surface area contributed by atoms with Gasteiger partial charge in [0.25, 0.3) is 0 Å². The Morgan fingerprint density at radius 3 is 2.81 bits per heavy atom. The minimum absolute atomic E-state index is 0.0209. The SMILES string of the molecule is CN1CCN(C(=O)Cc2cccc(NC(=O)CC3CSCCN3)c2)CC1. The van der Waals surface area contributed by atoms with Gasteiger partial charge in [-0.25, -0.2) is 0 Å². The number of anilines is 1. The van der Waals surface area contributed by atoms with Gasteiger partial charge in [0, 0.05) is 62.4 Å². The van der Waals surface area contributed by atoms with Gasteiger partial charge in [-0.15, -0.1) is 0 Å². The van der Waals surface area contributed by atoms with E-state index < -0.39 is 0 Å². The highest BCUT2D eigenvalue weighted by molar-refractivity contribution is 7.99. The van der Waals surface area contributed by atoms with E-state index in [0.717, 1.165) is 55.5 Å². The Hall–Kier alpha value is -1.57. The molecule has 26 heavy (non-hydrogen) atoms. The van der Waals surface area contributed by atoms with Gasteiger partial charge in [0.05, 0.1) is 6.42 Å². The molecule has 0 radical (unpaired) electrons. The van der Waals surface area contributed by atoms with Crippen LogP contribution in [0.1, 0.15) is 12.0 Å². The number of carbonyl (C=O) groups is 2. The fraction of sp³-hybridized carbons (Fsp3) is 0.579. The quantitative estimate of drug-likeness (QED) is 0.804. The third kappa shape index (κ3) is 5.72. The zero-order chi connectivity index (χ0) is 18.4. The topological polar surface area (TPSA) is 64.7 Å². The van der Waals surface area contributed by atoms with Crippen LogP contribution in [0.15, 0.2) is 24.3 Å². The summed E-state index contributed by atoms with van der Waals surface area (Å²) in [5, 5.41) is 6.35. The molecular weight excluding hydrogens is 348 g/mol. The van der Waals surface area contributed by atoms with E-state index in [2.05, 4.69) is 22.6 Å². The van der Waals surface area contributed by atoms with Crippen LogP contribution in [0.2, 0.25) is 0 Å². The zero-order valence-corrected chi connectivity index (χ0v) is 16.2. The molecule has 2 aliphatic heterocycles. The van der Waals surface area contributed by atoms with Gasteiger partial charge in [-0.05, 0) is 24.7 Å². The van der Waals surface area contributed by atoms with Gasteiger partial charge in [-0.1, -0.05) is 12.1 Å². The standard InChI is InChI=1S/C19H28N4O2S/c1-22-6-8-23(9-7-22)19(25)12-15-3-2-4-16(11-15)21-18(24)13-17-14-26-10-5-20-17/h2-4,11,17,20H,5-10,12-14H2,1H3,(H,21,24). The highest BCUT2D eigenvalue weighted by atomic mass is 32.2. The number of thioether (sulfide) groups is 1. The average molecular weight is 377 g/mol. The predicted molar refractivity (Wildman–Crippen MR) is 107 cm³/mol. The highest BCUT2D eigenvalue weighted by Gasteiger charge is 2.20. The largest absolute Gasteiger partial charge is 0.340 e. The third-order valence-electron chi connectivity index (χ3n) is 4.85. The summed E-state index contributed by atoms with van der Waals surface area (Å²) in [6.45, 7) is 4.40. The first-order valence-corrected chi connectivity index (χ1v) is 10.4. The number of nitrogens with zero attached hydrogens (tertiary/aromatic N) is 2. The van der Waals surface area contributed by atoms with Gasteiger partial charge < -0.3 is 20.4 Å². The van der Waals surface area contributed by atoms with Crippen LogP contribution in [0.25, 0.3) is 0 Å². The van der Waals surface area contributed by atoms with Gasteiger partial charge in [-0.2, -0.15) is 11.8 Å². The van der Waals surface area contributed by atoms with Crippen molar-refractivity contribution in [3.05, 3.63) is 29.8 Å². The van der Waals surface area contributed by atoms with Gasteiger partial charge in [0.2, 0.25) is 11.8 Å². The second-order valence-corrected chi connectivity index (χ2v) is 8.19. The molecule has 2 aliphatic rings. The molecule has 2 N–H and O–H groups in total. The molecule has 0 bridgehead atoms. The number of amides is 2. The van der Waals surface area contributed by atoms with Gasteiger partial charge in [-0.3, -0.25) is 9.59 Å². The minimum Gasteiger partial charge on any atom is -0.340 e. The first-order valence-electron chi connectivity index (χ1n) is 9.26. The fourth-order valence-corrected chi connectivity index (χ4v) is 4.24. The number of hydrogen-bond donors (Lipinski definition) is 2. The maximum Gasteiger partial charge on any atom is 0.227 e. The molecule has 2 fully saturated rings. The Balaban J connectivity index is 1.50. The van der Waals surface area contributed by atoms with Crippen molar-refractivity contribution in [2.45, 2.75) is 18.9 Å². The highest BCUT2D eigenvalue weighted by Crippen LogP contribution is 2.15. The summed E-state index contributed by atoms with van der Waals surface area (Å²) in [5.74, 6) is 2.27. The van der Waals surface area contributed by atoms with Crippen LogP contribution < -0.4 is 10.6 Å². The molecule has 1 aromatic rings.